The highest BCUT2D eigenvalue weighted by atomic mass is 79.9. The summed E-state index contributed by atoms with van der Waals surface area (Å²) in [6.45, 7) is 0.759. The van der Waals surface area contributed by atoms with Crippen LogP contribution in [0, 0.1) is 11.3 Å². The van der Waals surface area contributed by atoms with Gasteiger partial charge in [0.2, 0.25) is 10.0 Å². The first kappa shape index (κ1) is 13.5. The SMILES string of the molecule is N#Cc1cc(Br)cc(S(=O)(=O)N2CC[C@@H](N)C2)c1. The maximum absolute atomic E-state index is 12.3. The van der Waals surface area contributed by atoms with Gasteiger partial charge in [-0.1, -0.05) is 15.9 Å². The van der Waals surface area contributed by atoms with Gasteiger partial charge in [-0.05, 0) is 24.6 Å². The third kappa shape index (κ3) is 2.57. The second kappa shape index (κ2) is 4.97. The van der Waals surface area contributed by atoms with Gasteiger partial charge in [-0.2, -0.15) is 9.57 Å². The lowest BCUT2D eigenvalue weighted by Crippen LogP contribution is -2.32. The van der Waals surface area contributed by atoms with Crippen molar-refractivity contribution in [3.63, 3.8) is 0 Å². The summed E-state index contributed by atoms with van der Waals surface area (Å²) in [5.74, 6) is 0. The molecular weight excluding hydrogens is 318 g/mol. The second-order valence-electron chi connectivity index (χ2n) is 4.20. The van der Waals surface area contributed by atoms with Crippen LogP contribution < -0.4 is 5.73 Å². The van der Waals surface area contributed by atoms with Gasteiger partial charge in [0.1, 0.15) is 0 Å². The van der Waals surface area contributed by atoms with Gasteiger partial charge in [-0.15, -0.1) is 0 Å². The van der Waals surface area contributed by atoms with Gasteiger partial charge in [0.05, 0.1) is 16.5 Å². The van der Waals surface area contributed by atoms with E-state index < -0.39 is 10.0 Å². The molecule has 1 aromatic carbocycles. The zero-order chi connectivity index (χ0) is 13.3. The number of hydrogen-bond donors (Lipinski definition) is 1. The number of nitriles is 1. The van der Waals surface area contributed by atoms with Crippen molar-refractivity contribution in [3.05, 3.63) is 28.2 Å². The van der Waals surface area contributed by atoms with Gasteiger partial charge < -0.3 is 5.73 Å². The van der Waals surface area contributed by atoms with Crippen molar-refractivity contribution in [2.24, 2.45) is 5.73 Å². The molecule has 2 rings (SSSR count). The lowest BCUT2D eigenvalue weighted by molar-refractivity contribution is 0.472. The summed E-state index contributed by atoms with van der Waals surface area (Å²) < 4.78 is 26.6. The minimum atomic E-state index is -3.55. The molecule has 1 aromatic rings. The minimum Gasteiger partial charge on any atom is -0.326 e. The average Bonchev–Trinajstić information content (AvgIpc) is 2.75. The van der Waals surface area contributed by atoms with E-state index in [-0.39, 0.29) is 10.9 Å². The van der Waals surface area contributed by atoms with E-state index in [2.05, 4.69) is 15.9 Å². The summed E-state index contributed by atoms with van der Waals surface area (Å²) in [6, 6.07) is 6.29. The maximum Gasteiger partial charge on any atom is 0.243 e. The molecule has 1 heterocycles. The third-order valence-corrected chi connectivity index (χ3v) is 5.13. The molecule has 1 aliphatic heterocycles. The molecule has 96 valence electrons. The van der Waals surface area contributed by atoms with Crippen molar-refractivity contribution < 1.29 is 8.42 Å². The molecule has 0 saturated carbocycles. The zero-order valence-corrected chi connectivity index (χ0v) is 11.9. The lowest BCUT2D eigenvalue weighted by Gasteiger charge is -2.16. The van der Waals surface area contributed by atoms with Gasteiger partial charge in [0, 0.05) is 23.6 Å². The molecule has 1 saturated heterocycles. The zero-order valence-electron chi connectivity index (χ0n) is 9.51. The first-order chi connectivity index (χ1) is 8.43. The monoisotopic (exact) mass is 329 g/mol. The molecular formula is C11H12BrN3O2S. The summed E-state index contributed by atoms with van der Waals surface area (Å²) in [5.41, 5.74) is 6.03. The Labute approximate surface area is 114 Å². The maximum atomic E-state index is 12.3. The van der Waals surface area contributed by atoms with Crippen molar-refractivity contribution in [1.29, 1.82) is 5.26 Å². The van der Waals surface area contributed by atoms with E-state index >= 15 is 0 Å². The van der Waals surface area contributed by atoms with Gasteiger partial charge in [-0.25, -0.2) is 8.42 Å². The molecule has 0 aromatic heterocycles. The van der Waals surface area contributed by atoms with Crippen molar-refractivity contribution in [3.8, 4) is 6.07 Å². The fourth-order valence-electron chi connectivity index (χ4n) is 1.90. The standard InChI is InChI=1S/C11H12BrN3O2S/c12-9-3-8(6-13)4-11(5-9)18(16,17)15-2-1-10(14)7-15/h3-5,10H,1-2,7,14H2/t10-/m1/s1. The normalized spacial score (nSPS) is 20.8. The van der Waals surface area contributed by atoms with Crippen LogP contribution in [-0.2, 0) is 10.0 Å². The molecule has 0 unspecified atom stereocenters. The van der Waals surface area contributed by atoms with Crippen LogP contribution in [-0.4, -0.2) is 31.9 Å². The number of nitrogens with two attached hydrogens (primary N) is 1. The first-order valence-corrected chi connectivity index (χ1v) is 7.63. The van der Waals surface area contributed by atoms with Crippen molar-refractivity contribution in [2.45, 2.75) is 17.4 Å². The molecule has 5 nitrogen and oxygen atoms in total. The summed E-state index contributed by atoms with van der Waals surface area (Å²) in [6.07, 6.45) is 0.665. The predicted molar refractivity (Wildman–Crippen MR) is 70.2 cm³/mol. The van der Waals surface area contributed by atoms with Crippen LogP contribution in [0.5, 0.6) is 0 Å². The Morgan fingerprint density at radius 3 is 2.72 bits per heavy atom. The summed E-state index contributed by atoms with van der Waals surface area (Å²) in [5, 5.41) is 8.86. The van der Waals surface area contributed by atoms with Crippen LogP contribution in [0.15, 0.2) is 27.6 Å². The topological polar surface area (TPSA) is 87.2 Å². The molecule has 7 heteroatoms. The Kier molecular flexibility index (Phi) is 3.73. The molecule has 0 spiro atoms. The highest BCUT2D eigenvalue weighted by Crippen LogP contribution is 2.24. The first-order valence-electron chi connectivity index (χ1n) is 5.40. The number of benzene rings is 1. The quantitative estimate of drug-likeness (QED) is 0.878. The number of halogens is 1. The molecule has 0 aliphatic carbocycles. The summed E-state index contributed by atoms with van der Waals surface area (Å²) >= 11 is 3.21. The summed E-state index contributed by atoms with van der Waals surface area (Å²) in [4.78, 5) is 0.127. The van der Waals surface area contributed by atoms with Gasteiger partial charge in [-0.3, -0.25) is 0 Å². The van der Waals surface area contributed by atoms with Crippen molar-refractivity contribution >= 4 is 26.0 Å². The Bertz CT molecular complexity index is 609. The van der Waals surface area contributed by atoms with Gasteiger partial charge >= 0.3 is 0 Å². The molecule has 1 fully saturated rings. The van der Waals surface area contributed by atoms with E-state index in [0.717, 1.165) is 0 Å². The van der Waals surface area contributed by atoms with Crippen LogP contribution in [0.2, 0.25) is 0 Å². The molecule has 0 amide bonds. The highest BCUT2D eigenvalue weighted by Gasteiger charge is 2.31. The third-order valence-electron chi connectivity index (χ3n) is 2.83. The molecule has 2 N–H and O–H groups in total. The number of sulfonamides is 1. The minimum absolute atomic E-state index is 0.109. The Hall–Kier alpha value is -0.940. The second-order valence-corrected chi connectivity index (χ2v) is 7.05. The Morgan fingerprint density at radius 2 is 2.17 bits per heavy atom. The lowest BCUT2D eigenvalue weighted by atomic mass is 10.2. The fraction of sp³-hybridized carbons (Fsp3) is 0.364. The smallest absolute Gasteiger partial charge is 0.243 e. The van der Waals surface area contributed by atoms with E-state index in [1.807, 2.05) is 6.07 Å². The fourth-order valence-corrected chi connectivity index (χ4v) is 4.13. The van der Waals surface area contributed by atoms with Crippen LogP contribution in [0.25, 0.3) is 0 Å². The van der Waals surface area contributed by atoms with Crippen LogP contribution >= 0.6 is 15.9 Å². The van der Waals surface area contributed by atoms with E-state index in [1.165, 1.54) is 16.4 Å². The largest absolute Gasteiger partial charge is 0.326 e. The van der Waals surface area contributed by atoms with Gasteiger partial charge in [0.25, 0.3) is 0 Å². The van der Waals surface area contributed by atoms with E-state index in [0.29, 0.717) is 29.5 Å². The van der Waals surface area contributed by atoms with Crippen molar-refractivity contribution in [1.82, 2.24) is 4.31 Å². The van der Waals surface area contributed by atoms with Crippen LogP contribution in [0.1, 0.15) is 12.0 Å². The van der Waals surface area contributed by atoms with E-state index in [9.17, 15) is 8.42 Å². The van der Waals surface area contributed by atoms with E-state index in [4.69, 9.17) is 11.0 Å². The molecule has 0 radical (unpaired) electrons. The van der Waals surface area contributed by atoms with Crippen LogP contribution in [0.4, 0.5) is 0 Å². The average molecular weight is 330 g/mol. The van der Waals surface area contributed by atoms with Gasteiger partial charge in [0.15, 0.2) is 0 Å². The molecule has 18 heavy (non-hydrogen) atoms. The Balaban J connectivity index is 2.42. The van der Waals surface area contributed by atoms with Crippen molar-refractivity contribution in [2.75, 3.05) is 13.1 Å². The number of nitrogens with zero attached hydrogens (tertiary/aromatic N) is 2. The Morgan fingerprint density at radius 1 is 1.44 bits per heavy atom. The molecule has 1 aliphatic rings. The molecule has 1 atom stereocenters. The number of hydrogen-bond acceptors (Lipinski definition) is 4. The van der Waals surface area contributed by atoms with Crippen LogP contribution in [0.3, 0.4) is 0 Å². The highest BCUT2D eigenvalue weighted by molar-refractivity contribution is 9.10. The summed E-state index contributed by atoms with van der Waals surface area (Å²) in [7, 11) is -3.55. The van der Waals surface area contributed by atoms with E-state index in [1.54, 1.807) is 6.07 Å². The predicted octanol–water partition coefficient (Wildman–Crippen LogP) is 1.04. The number of rotatable bonds is 2. The molecule has 0 bridgehead atoms.